The topological polar surface area (TPSA) is 99.3 Å². The number of aromatic nitrogens is 1. The Hall–Kier alpha value is -2.19. The number of nitrogens with one attached hydrogen (secondary N) is 2. The predicted octanol–water partition coefficient (Wildman–Crippen LogP) is 3.50. The van der Waals surface area contributed by atoms with Gasteiger partial charge in [0, 0.05) is 36.1 Å². The van der Waals surface area contributed by atoms with Gasteiger partial charge in [-0.1, -0.05) is 33.6 Å². The minimum Gasteiger partial charge on any atom is -0.349 e. The van der Waals surface area contributed by atoms with Crippen molar-refractivity contribution in [2.75, 3.05) is 13.1 Å². The van der Waals surface area contributed by atoms with Crippen LogP contribution in [0.5, 0.6) is 0 Å². The largest absolute Gasteiger partial charge is 0.349 e. The van der Waals surface area contributed by atoms with E-state index in [-0.39, 0.29) is 28.0 Å². The van der Waals surface area contributed by atoms with E-state index >= 15 is 0 Å². The molecule has 1 aliphatic carbocycles. The number of amides is 1. The minimum atomic E-state index is -3.67. The van der Waals surface area contributed by atoms with Gasteiger partial charge in [-0.2, -0.15) is 4.31 Å². The first-order valence-electron chi connectivity index (χ1n) is 11.6. The normalized spacial score (nSPS) is 27.3. The molecule has 1 saturated carbocycles. The molecule has 1 amide bonds. The van der Waals surface area contributed by atoms with Gasteiger partial charge in [0.1, 0.15) is 0 Å². The molecule has 7 nitrogen and oxygen atoms in total. The molecule has 0 spiro atoms. The van der Waals surface area contributed by atoms with E-state index in [9.17, 15) is 18.0 Å². The van der Waals surface area contributed by atoms with Gasteiger partial charge in [0.2, 0.25) is 15.6 Å². The van der Waals surface area contributed by atoms with Crippen molar-refractivity contribution in [3.05, 3.63) is 40.2 Å². The van der Waals surface area contributed by atoms with Crippen LogP contribution in [-0.4, -0.2) is 42.7 Å². The maximum absolute atomic E-state index is 13.3. The summed E-state index contributed by atoms with van der Waals surface area (Å²) in [5.41, 5.74) is 0.296. The molecule has 32 heavy (non-hydrogen) atoms. The number of nitrogens with zero attached hydrogens (tertiary/aromatic N) is 1. The van der Waals surface area contributed by atoms with Gasteiger partial charge in [-0.05, 0) is 55.2 Å². The first-order valence-corrected chi connectivity index (χ1v) is 13.1. The number of carbonyl (C=O) groups is 1. The fourth-order valence-electron chi connectivity index (χ4n) is 5.13. The second-order valence-corrected chi connectivity index (χ2v) is 11.7. The Morgan fingerprint density at radius 2 is 1.88 bits per heavy atom. The summed E-state index contributed by atoms with van der Waals surface area (Å²) < 4.78 is 28.1. The minimum absolute atomic E-state index is 0.0438. The average Bonchev–Trinajstić information content (AvgIpc) is 2.76. The predicted molar refractivity (Wildman–Crippen MR) is 125 cm³/mol. The Labute approximate surface area is 189 Å². The van der Waals surface area contributed by atoms with E-state index in [1.165, 1.54) is 22.5 Å². The molecule has 2 aliphatic rings. The van der Waals surface area contributed by atoms with Crippen LogP contribution in [-0.2, 0) is 10.0 Å². The van der Waals surface area contributed by atoms with E-state index in [0.717, 1.165) is 32.1 Å². The number of carbonyl (C=O) groups excluding carboxylic acids is 1. The third kappa shape index (κ3) is 4.48. The first-order chi connectivity index (χ1) is 15.2. The van der Waals surface area contributed by atoms with Gasteiger partial charge in [-0.3, -0.25) is 9.59 Å². The zero-order chi connectivity index (χ0) is 23.0. The van der Waals surface area contributed by atoms with Crippen molar-refractivity contribution in [3.63, 3.8) is 0 Å². The zero-order valence-corrected chi connectivity index (χ0v) is 19.9. The van der Waals surface area contributed by atoms with E-state index in [1.54, 1.807) is 6.07 Å². The Balaban J connectivity index is 1.70. The lowest BCUT2D eigenvalue weighted by atomic mass is 9.78. The highest BCUT2D eigenvalue weighted by Gasteiger charge is 2.31. The third-order valence-corrected chi connectivity index (χ3v) is 9.20. The van der Waals surface area contributed by atoms with E-state index in [2.05, 4.69) is 31.1 Å². The fourth-order valence-corrected chi connectivity index (χ4v) is 6.75. The molecule has 0 radical (unpaired) electrons. The highest BCUT2D eigenvalue weighted by molar-refractivity contribution is 7.89. The molecule has 4 unspecified atom stereocenters. The van der Waals surface area contributed by atoms with Gasteiger partial charge in [-0.25, -0.2) is 8.42 Å². The maximum atomic E-state index is 13.3. The number of fused-ring (bicyclic) bond motifs is 1. The number of hydrogen-bond donors (Lipinski definition) is 2. The van der Waals surface area contributed by atoms with Crippen molar-refractivity contribution in [2.24, 2.45) is 17.8 Å². The summed E-state index contributed by atoms with van der Waals surface area (Å²) in [5.74, 6) is 0.858. The van der Waals surface area contributed by atoms with E-state index in [1.807, 2.05) is 0 Å². The Kier molecular flexibility index (Phi) is 6.45. The second-order valence-electron chi connectivity index (χ2n) is 9.71. The average molecular weight is 460 g/mol. The summed E-state index contributed by atoms with van der Waals surface area (Å²) in [4.78, 5) is 28.3. The molecular weight excluding hydrogens is 426 g/mol. The molecule has 1 saturated heterocycles. The SMILES string of the molecule is CC1CCCN(S(=O)(=O)c2ccc3[nH]c(=O)cc(C(=O)NC4CCCC(C)C4C)c3c2)C1. The highest BCUT2D eigenvalue weighted by atomic mass is 32.2. The molecular formula is C24H33N3O4S. The fraction of sp³-hybridized carbons (Fsp3) is 0.583. The van der Waals surface area contributed by atoms with E-state index in [0.29, 0.717) is 41.7 Å². The van der Waals surface area contributed by atoms with Crippen molar-refractivity contribution in [1.29, 1.82) is 0 Å². The molecule has 1 aromatic carbocycles. The van der Waals surface area contributed by atoms with Crippen LogP contribution in [0.15, 0.2) is 34.0 Å². The van der Waals surface area contributed by atoms with Crippen LogP contribution in [0, 0.1) is 17.8 Å². The number of H-pyrrole nitrogens is 1. The number of pyridine rings is 1. The van der Waals surface area contributed by atoms with Crippen LogP contribution in [0.4, 0.5) is 0 Å². The summed E-state index contributed by atoms with van der Waals surface area (Å²) in [6.45, 7) is 7.40. The van der Waals surface area contributed by atoms with Gasteiger partial charge in [-0.15, -0.1) is 0 Å². The lowest BCUT2D eigenvalue weighted by Gasteiger charge is -2.34. The second kappa shape index (κ2) is 8.98. The summed E-state index contributed by atoms with van der Waals surface area (Å²) in [7, 11) is -3.67. The van der Waals surface area contributed by atoms with E-state index in [4.69, 9.17) is 0 Å². The Bertz CT molecular complexity index is 1170. The first kappa shape index (κ1) is 23.0. The molecule has 2 aromatic rings. The molecule has 1 aliphatic heterocycles. The van der Waals surface area contributed by atoms with Crippen molar-refractivity contribution in [1.82, 2.24) is 14.6 Å². The molecule has 2 fully saturated rings. The van der Waals surface area contributed by atoms with Crippen LogP contribution in [0.3, 0.4) is 0 Å². The van der Waals surface area contributed by atoms with Crippen molar-refractivity contribution >= 4 is 26.8 Å². The third-order valence-electron chi connectivity index (χ3n) is 7.34. The van der Waals surface area contributed by atoms with Gasteiger partial charge in [0.15, 0.2) is 0 Å². The molecule has 2 N–H and O–H groups in total. The van der Waals surface area contributed by atoms with Crippen molar-refractivity contribution in [3.8, 4) is 0 Å². The number of sulfonamides is 1. The molecule has 1 aromatic heterocycles. The molecule has 4 rings (SSSR count). The molecule has 174 valence electrons. The Morgan fingerprint density at radius 3 is 2.62 bits per heavy atom. The van der Waals surface area contributed by atoms with Crippen LogP contribution in [0.1, 0.15) is 63.2 Å². The summed E-state index contributed by atoms with van der Waals surface area (Å²) in [6, 6.07) is 5.94. The number of aromatic amines is 1. The molecule has 0 bridgehead atoms. The standard InChI is InChI=1S/C24H33N3O4S/c1-15-6-5-11-27(14-15)32(30,31)18-9-10-22-19(12-18)20(13-23(28)25-22)24(29)26-21-8-4-7-16(2)17(21)3/h9-10,12-13,15-17,21H,4-8,11,14H2,1-3H3,(H,25,28)(H,26,29). The van der Waals surface area contributed by atoms with Crippen LogP contribution in [0.2, 0.25) is 0 Å². The van der Waals surface area contributed by atoms with Crippen molar-refractivity contribution in [2.45, 2.75) is 63.8 Å². The van der Waals surface area contributed by atoms with Gasteiger partial charge < -0.3 is 10.3 Å². The molecule has 8 heteroatoms. The van der Waals surface area contributed by atoms with Gasteiger partial charge >= 0.3 is 0 Å². The smallest absolute Gasteiger partial charge is 0.252 e. The molecule has 4 atom stereocenters. The van der Waals surface area contributed by atoms with Crippen molar-refractivity contribution < 1.29 is 13.2 Å². The van der Waals surface area contributed by atoms with E-state index < -0.39 is 10.0 Å². The number of hydrogen-bond acceptors (Lipinski definition) is 4. The zero-order valence-electron chi connectivity index (χ0n) is 19.1. The number of benzene rings is 1. The maximum Gasteiger partial charge on any atom is 0.252 e. The lowest BCUT2D eigenvalue weighted by Crippen LogP contribution is -2.44. The van der Waals surface area contributed by atoms with Crippen LogP contribution < -0.4 is 10.9 Å². The summed E-state index contributed by atoms with van der Waals surface area (Å²) in [5, 5.41) is 3.56. The van der Waals surface area contributed by atoms with Gasteiger partial charge in [0.05, 0.1) is 10.5 Å². The summed E-state index contributed by atoms with van der Waals surface area (Å²) in [6.07, 6.45) is 4.98. The van der Waals surface area contributed by atoms with Gasteiger partial charge in [0.25, 0.3) is 5.91 Å². The highest BCUT2D eigenvalue weighted by Crippen LogP contribution is 2.30. The lowest BCUT2D eigenvalue weighted by molar-refractivity contribution is 0.0892. The monoisotopic (exact) mass is 459 g/mol. The number of rotatable bonds is 4. The summed E-state index contributed by atoms with van der Waals surface area (Å²) >= 11 is 0. The van der Waals surface area contributed by atoms with Crippen LogP contribution in [0.25, 0.3) is 10.9 Å². The van der Waals surface area contributed by atoms with Crippen LogP contribution >= 0.6 is 0 Å². The number of piperidine rings is 1. The molecule has 2 heterocycles. The Morgan fingerprint density at radius 1 is 1.09 bits per heavy atom. The quantitative estimate of drug-likeness (QED) is 0.731.